The molecule has 0 aliphatic rings. The number of nitrogens with zero attached hydrogens (tertiary/aromatic N) is 3. The predicted molar refractivity (Wildman–Crippen MR) is 56.9 cm³/mol. The molecule has 0 aromatic carbocycles. The maximum atomic E-state index is 11.8. The molecule has 1 rings (SSSR count). The minimum atomic E-state index is -0.0648. The van der Waals surface area contributed by atoms with Crippen molar-refractivity contribution in [3.8, 4) is 0 Å². The fraction of sp³-hybridized carbons (Fsp3) is 0.625. The number of hydrogen-bond donors (Lipinski definition) is 0. The summed E-state index contributed by atoms with van der Waals surface area (Å²) in [5.41, 5.74) is 0.675. The summed E-state index contributed by atoms with van der Waals surface area (Å²) in [5, 5.41) is 3.74. The Balaban J connectivity index is 2.71. The van der Waals surface area contributed by atoms with E-state index < -0.39 is 0 Å². The first-order valence-electron chi connectivity index (χ1n) is 4.21. The van der Waals surface area contributed by atoms with Gasteiger partial charge < -0.3 is 4.90 Å². The smallest absolute Gasteiger partial charge is 0.267 e. The molecule has 0 saturated carbocycles. The van der Waals surface area contributed by atoms with E-state index in [0.29, 0.717) is 17.1 Å². The molecule has 0 fully saturated rings. The highest BCUT2D eigenvalue weighted by Crippen LogP contribution is 2.12. The third kappa shape index (κ3) is 2.65. The van der Waals surface area contributed by atoms with Gasteiger partial charge in [-0.05, 0) is 25.4 Å². The molecule has 0 radical (unpaired) electrons. The Kier molecular flexibility index (Phi) is 3.83. The molecular weight excluding hydrogens is 222 g/mol. The first-order valence-corrected chi connectivity index (χ1v) is 5.42. The van der Waals surface area contributed by atoms with E-state index in [9.17, 15) is 4.79 Å². The molecule has 0 spiro atoms. The Morgan fingerprint density at radius 1 is 1.71 bits per heavy atom. The summed E-state index contributed by atoms with van der Waals surface area (Å²) in [6, 6.07) is 0. The van der Waals surface area contributed by atoms with Gasteiger partial charge in [-0.1, -0.05) is 4.49 Å². The minimum Gasteiger partial charge on any atom is -0.339 e. The van der Waals surface area contributed by atoms with Crippen molar-refractivity contribution in [2.75, 3.05) is 13.6 Å². The van der Waals surface area contributed by atoms with Gasteiger partial charge in [0, 0.05) is 19.0 Å². The highest BCUT2D eigenvalue weighted by atomic mass is 35.5. The molecule has 1 aromatic heterocycles. The van der Waals surface area contributed by atoms with E-state index in [0.717, 1.165) is 11.5 Å². The molecular formula is C8H12ClN3OS. The summed E-state index contributed by atoms with van der Waals surface area (Å²) >= 11 is 6.91. The van der Waals surface area contributed by atoms with Crippen molar-refractivity contribution < 1.29 is 4.79 Å². The standard InChI is InChI=1S/C8H12ClN3OS/c1-5(9)4-12(3)8(13)7-6(2)10-11-14-7/h5H,4H2,1-3H3. The highest BCUT2D eigenvalue weighted by molar-refractivity contribution is 7.07. The summed E-state index contributed by atoms with van der Waals surface area (Å²) in [4.78, 5) is 13.9. The van der Waals surface area contributed by atoms with E-state index >= 15 is 0 Å². The molecule has 0 aliphatic heterocycles. The molecule has 6 heteroatoms. The first kappa shape index (κ1) is 11.4. The van der Waals surface area contributed by atoms with Crippen LogP contribution in [0.2, 0.25) is 0 Å². The Morgan fingerprint density at radius 2 is 2.36 bits per heavy atom. The fourth-order valence-electron chi connectivity index (χ4n) is 1.06. The fourth-order valence-corrected chi connectivity index (χ4v) is 1.92. The Hall–Kier alpha value is -0.680. The second-order valence-corrected chi connectivity index (χ2v) is 4.65. The van der Waals surface area contributed by atoms with Gasteiger partial charge in [0.2, 0.25) is 0 Å². The Bertz CT molecular complexity index is 326. The van der Waals surface area contributed by atoms with Gasteiger partial charge in [-0.3, -0.25) is 4.79 Å². The van der Waals surface area contributed by atoms with Crippen molar-refractivity contribution in [1.29, 1.82) is 0 Å². The van der Waals surface area contributed by atoms with E-state index in [1.807, 2.05) is 6.92 Å². The monoisotopic (exact) mass is 233 g/mol. The van der Waals surface area contributed by atoms with Gasteiger partial charge in [-0.15, -0.1) is 16.7 Å². The van der Waals surface area contributed by atoms with E-state index in [-0.39, 0.29) is 11.3 Å². The average molecular weight is 234 g/mol. The van der Waals surface area contributed by atoms with Crippen LogP contribution in [0.4, 0.5) is 0 Å². The van der Waals surface area contributed by atoms with Crippen molar-refractivity contribution >= 4 is 29.0 Å². The second kappa shape index (κ2) is 4.70. The van der Waals surface area contributed by atoms with Crippen LogP contribution in [0.3, 0.4) is 0 Å². The first-order chi connectivity index (χ1) is 6.52. The van der Waals surface area contributed by atoms with Crippen LogP contribution >= 0.6 is 23.1 Å². The van der Waals surface area contributed by atoms with Crippen molar-refractivity contribution in [2.45, 2.75) is 19.2 Å². The normalized spacial score (nSPS) is 12.6. The van der Waals surface area contributed by atoms with Gasteiger partial charge in [-0.25, -0.2) is 0 Å². The molecule has 78 valence electrons. The molecule has 0 bridgehead atoms. The number of rotatable bonds is 3. The average Bonchev–Trinajstić information content (AvgIpc) is 2.48. The number of carbonyl (C=O) groups excluding carboxylic acids is 1. The van der Waals surface area contributed by atoms with Gasteiger partial charge in [-0.2, -0.15) is 0 Å². The maximum Gasteiger partial charge on any atom is 0.267 e. The lowest BCUT2D eigenvalue weighted by Gasteiger charge is -2.17. The summed E-state index contributed by atoms with van der Waals surface area (Å²) in [5.74, 6) is -0.0648. The Labute approximate surface area is 92.0 Å². The maximum absolute atomic E-state index is 11.8. The lowest BCUT2D eigenvalue weighted by molar-refractivity contribution is 0.0800. The van der Waals surface area contributed by atoms with Gasteiger partial charge in [0.1, 0.15) is 4.88 Å². The van der Waals surface area contributed by atoms with Crippen LogP contribution in [-0.2, 0) is 0 Å². The zero-order valence-corrected chi connectivity index (χ0v) is 9.89. The Morgan fingerprint density at radius 3 is 2.79 bits per heavy atom. The van der Waals surface area contributed by atoms with Crippen LogP contribution in [0.1, 0.15) is 22.3 Å². The molecule has 1 aromatic rings. The van der Waals surface area contributed by atoms with E-state index in [2.05, 4.69) is 9.59 Å². The summed E-state index contributed by atoms with van der Waals surface area (Å²) in [7, 11) is 1.72. The van der Waals surface area contributed by atoms with Crippen molar-refractivity contribution in [3.05, 3.63) is 10.6 Å². The number of aryl methyl sites for hydroxylation is 1. The lowest BCUT2D eigenvalue weighted by atomic mass is 10.3. The van der Waals surface area contributed by atoms with Crippen LogP contribution < -0.4 is 0 Å². The molecule has 1 amide bonds. The number of hydrogen-bond acceptors (Lipinski definition) is 4. The zero-order chi connectivity index (χ0) is 10.7. The van der Waals surface area contributed by atoms with Crippen molar-refractivity contribution in [3.63, 3.8) is 0 Å². The van der Waals surface area contributed by atoms with E-state index in [4.69, 9.17) is 11.6 Å². The minimum absolute atomic E-state index is 0.0508. The summed E-state index contributed by atoms with van der Waals surface area (Å²) in [6.07, 6.45) is 0. The summed E-state index contributed by atoms with van der Waals surface area (Å²) < 4.78 is 3.72. The number of amides is 1. The predicted octanol–water partition coefficient (Wildman–Crippen LogP) is 1.55. The lowest BCUT2D eigenvalue weighted by Crippen LogP contribution is -2.31. The van der Waals surface area contributed by atoms with Gasteiger partial charge in [0.15, 0.2) is 0 Å². The van der Waals surface area contributed by atoms with Crippen LogP contribution in [-0.4, -0.2) is 39.4 Å². The van der Waals surface area contributed by atoms with Crippen molar-refractivity contribution in [2.24, 2.45) is 0 Å². The molecule has 1 unspecified atom stereocenters. The topological polar surface area (TPSA) is 46.1 Å². The molecule has 0 saturated heterocycles. The van der Waals surface area contributed by atoms with Crippen LogP contribution in [0.25, 0.3) is 0 Å². The second-order valence-electron chi connectivity index (χ2n) is 3.15. The van der Waals surface area contributed by atoms with E-state index in [1.54, 1.807) is 18.9 Å². The van der Waals surface area contributed by atoms with Gasteiger partial charge in [0.05, 0.1) is 5.69 Å². The molecule has 4 nitrogen and oxygen atoms in total. The molecule has 0 N–H and O–H groups in total. The molecule has 0 aliphatic carbocycles. The van der Waals surface area contributed by atoms with Gasteiger partial charge >= 0.3 is 0 Å². The zero-order valence-electron chi connectivity index (χ0n) is 8.32. The van der Waals surface area contributed by atoms with Crippen LogP contribution in [0.15, 0.2) is 0 Å². The largest absolute Gasteiger partial charge is 0.339 e. The van der Waals surface area contributed by atoms with Crippen LogP contribution in [0.5, 0.6) is 0 Å². The summed E-state index contributed by atoms with van der Waals surface area (Å²) in [6.45, 7) is 4.15. The molecule has 1 heterocycles. The molecule has 14 heavy (non-hydrogen) atoms. The number of aromatic nitrogens is 2. The number of carbonyl (C=O) groups is 1. The third-order valence-electron chi connectivity index (χ3n) is 1.72. The van der Waals surface area contributed by atoms with E-state index in [1.165, 1.54) is 0 Å². The highest BCUT2D eigenvalue weighted by Gasteiger charge is 2.18. The van der Waals surface area contributed by atoms with Crippen molar-refractivity contribution in [1.82, 2.24) is 14.5 Å². The van der Waals surface area contributed by atoms with Crippen LogP contribution in [0, 0.1) is 6.92 Å². The third-order valence-corrected chi connectivity index (χ3v) is 2.67. The number of halogens is 1. The number of alkyl halides is 1. The van der Waals surface area contributed by atoms with Gasteiger partial charge in [0.25, 0.3) is 5.91 Å². The SMILES string of the molecule is Cc1nnsc1C(=O)N(C)CC(C)Cl. The molecule has 1 atom stereocenters. The quantitative estimate of drug-likeness (QED) is 0.745.